The summed E-state index contributed by atoms with van der Waals surface area (Å²) in [5.74, 6) is -0.0786. The number of amides is 2. The molecular weight excluding hydrogens is 434 g/mol. The zero-order valence-corrected chi connectivity index (χ0v) is 20.5. The fourth-order valence-electron chi connectivity index (χ4n) is 4.57. The third kappa shape index (κ3) is 5.87. The van der Waals surface area contributed by atoms with Crippen molar-refractivity contribution in [2.24, 2.45) is 0 Å². The highest BCUT2D eigenvalue weighted by Crippen LogP contribution is 2.32. The number of anilines is 1. The van der Waals surface area contributed by atoms with Crippen molar-refractivity contribution in [2.75, 3.05) is 31.5 Å². The highest BCUT2D eigenvalue weighted by molar-refractivity contribution is 6.05. The Morgan fingerprint density at radius 3 is 2.06 bits per heavy atom. The maximum atomic E-state index is 13.0. The van der Waals surface area contributed by atoms with Crippen LogP contribution in [0.1, 0.15) is 58.5 Å². The Morgan fingerprint density at radius 2 is 1.40 bits per heavy atom. The Bertz CT molecular complexity index is 1190. The van der Waals surface area contributed by atoms with E-state index in [1.54, 1.807) is 0 Å². The largest absolute Gasteiger partial charge is 0.339 e. The van der Waals surface area contributed by atoms with E-state index in [-0.39, 0.29) is 11.8 Å². The average molecular weight is 468 g/mol. The molecule has 0 radical (unpaired) electrons. The van der Waals surface area contributed by atoms with E-state index in [9.17, 15) is 9.59 Å². The average Bonchev–Trinajstić information content (AvgIpc) is 2.91. The highest BCUT2D eigenvalue weighted by atomic mass is 16.2. The summed E-state index contributed by atoms with van der Waals surface area (Å²) < 4.78 is 0. The van der Waals surface area contributed by atoms with Gasteiger partial charge in [0.15, 0.2) is 0 Å². The molecule has 2 amide bonds. The van der Waals surface area contributed by atoms with Crippen LogP contribution in [0.15, 0.2) is 84.4 Å². The van der Waals surface area contributed by atoms with Crippen LogP contribution >= 0.6 is 0 Å². The number of carbonyl (C=O) groups excluding carboxylic acids is 2. The summed E-state index contributed by atoms with van der Waals surface area (Å²) in [6.45, 7) is 7.25. The van der Waals surface area contributed by atoms with E-state index in [4.69, 9.17) is 0 Å². The monoisotopic (exact) mass is 467 g/mol. The lowest BCUT2D eigenvalue weighted by atomic mass is 9.87. The van der Waals surface area contributed by atoms with Crippen molar-refractivity contribution in [1.29, 1.82) is 0 Å². The van der Waals surface area contributed by atoms with Gasteiger partial charge in [-0.1, -0.05) is 48.0 Å². The molecule has 3 aromatic carbocycles. The SMILES string of the molecule is CCN(CC)C(=O)c1ccc(C(=C2CCNCC2)c2cccc(C(=O)Nc3ccccc3)c2)cc1. The van der Waals surface area contributed by atoms with Crippen molar-refractivity contribution < 1.29 is 9.59 Å². The second kappa shape index (κ2) is 11.6. The van der Waals surface area contributed by atoms with Gasteiger partial charge in [-0.05, 0) is 92.9 Å². The fourth-order valence-corrected chi connectivity index (χ4v) is 4.57. The molecule has 0 atom stereocenters. The van der Waals surface area contributed by atoms with Crippen LogP contribution in [0, 0.1) is 0 Å². The van der Waals surface area contributed by atoms with E-state index in [0.717, 1.165) is 48.3 Å². The smallest absolute Gasteiger partial charge is 0.255 e. The summed E-state index contributed by atoms with van der Waals surface area (Å²) in [5.41, 5.74) is 6.70. The lowest BCUT2D eigenvalue weighted by Crippen LogP contribution is -2.30. The van der Waals surface area contributed by atoms with Crippen LogP contribution in [0.25, 0.3) is 5.57 Å². The number of hydrogen-bond donors (Lipinski definition) is 2. The molecule has 0 spiro atoms. The lowest BCUT2D eigenvalue weighted by molar-refractivity contribution is 0.0772. The first kappa shape index (κ1) is 24.4. The second-order valence-electron chi connectivity index (χ2n) is 8.68. The molecule has 4 rings (SSSR count). The normalized spacial score (nSPS) is 13.3. The van der Waals surface area contributed by atoms with Crippen LogP contribution in [-0.4, -0.2) is 42.9 Å². The minimum absolute atomic E-state index is 0.0530. The van der Waals surface area contributed by atoms with E-state index in [0.29, 0.717) is 24.2 Å². The Kier molecular flexibility index (Phi) is 8.11. The molecule has 5 nitrogen and oxygen atoms in total. The van der Waals surface area contributed by atoms with Gasteiger partial charge in [0.05, 0.1) is 0 Å². The predicted octanol–water partition coefficient (Wildman–Crippen LogP) is 5.61. The Morgan fingerprint density at radius 1 is 0.771 bits per heavy atom. The predicted molar refractivity (Wildman–Crippen MR) is 143 cm³/mol. The van der Waals surface area contributed by atoms with Gasteiger partial charge in [0, 0.05) is 29.9 Å². The van der Waals surface area contributed by atoms with E-state index in [2.05, 4.69) is 16.7 Å². The molecule has 0 unspecified atom stereocenters. The number of nitrogens with one attached hydrogen (secondary N) is 2. The minimum Gasteiger partial charge on any atom is -0.339 e. The quantitative estimate of drug-likeness (QED) is 0.475. The van der Waals surface area contributed by atoms with Gasteiger partial charge in [-0.25, -0.2) is 0 Å². The molecule has 35 heavy (non-hydrogen) atoms. The van der Waals surface area contributed by atoms with E-state index in [1.165, 1.54) is 5.57 Å². The highest BCUT2D eigenvalue weighted by Gasteiger charge is 2.18. The molecule has 3 aromatic rings. The summed E-state index contributed by atoms with van der Waals surface area (Å²) >= 11 is 0. The topological polar surface area (TPSA) is 61.4 Å². The van der Waals surface area contributed by atoms with Gasteiger partial charge in [-0.15, -0.1) is 0 Å². The Balaban J connectivity index is 1.68. The second-order valence-corrected chi connectivity index (χ2v) is 8.68. The van der Waals surface area contributed by atoms with Crippen molar-refractivity contribution >= 4 is 23.1 Å². The summed E-state index contributed by atoms with van der Waals surface area (Å²) in [5, 5.41) is 6.41. The first-order valence-corrected chi connectivity index (χ1v) is 12.4. The van der Waals surface area contributed by atoms with Crippen LogP contribution in [0.4, 0.5) is 5.69 Å². The molecule has 1 fully saturated rings. The summed E-state index contributed by atoms with van der Waals surface area (Å²) in [7, 11) is 0. The van der Waals surface area contributed by atoms with E-state index < -0.39 is 0 Å². The third-order valence-corrected chi connectivity index (χ3v) is 6.48. The fraction of sp³-hybridized carbons (Fsp3) is 0.267. The van der Waals surface area contributed by atoms with Gasteiger partial charge in [0.25, 0.3) is 11.8 Å². The van der Waals surface area contributed by atoms with Crippen molar-refractivity contribution in [3.8, 4) is 0 Å². The van der Waals surface area contributed by atoms with Crippen LogP contribution < -0.4 is 10.6 Å². The van der Waals surface area contributed by atoms with Crippen LogP contribution in [0.2, 0.25) is 0 Å². The zero-order chi connectivity index (χ0) is 24.6. The molecule has 0 aliphatic carbocycles. The zero-order valence-electron chi connectivity index (χ0n) is 20.5. The first-order chi connectivity index (χ1) is 17.1. The van der Waals surface area contributed by atoms with Crippen LogP contribution in [0.3, 0.4) is 0 Å². The molecule has 0 bridgehead atoms. The van der Waals surface area contributed by atoms with Crippen molar-refractivity contribution in [2.45, 2.75) is 26.7 Å². The molecule has 0 aromatic heterocycles. The Labute approximate surface area is 207 Å². The molecule has 2 N–H and O–H groups in total. The molecule has 180 valence electrons. The van der Waals surface area contributed by atoms with Crippen LogP contribution in [-0.2, 0) is 0 Å². The number of piperidine rings is 1. The lowest BCUT2D eigenvalue weighted by Gasteiger charge is -2.22. The number of carbonyl (C=O) groups is 2. The van der Waals surface area contributed by atoms with Crippen molar-refractivity contribution in [3.63, 3.8) is 0 Å². The molecule has 1 aliphatic heterocycles. The molecule has 1 saturated heterocycles. The Hall–Kier alpha value is -3.70. The van der Waals surface area contributed by atoms with Gasteiger partial charge in [-0.2, -0.15) is 0 Å². The standard InChI is InChI=1S/C30H33N3O2/c1-3-33(4-2)30(35)24-15-13-22(14-16-24)28(23-17-19-31-20-18-23)25-9-8-10-26(21-25)29(34)32-27-11-6-5-7-12-27/h5-16,21,31H,3-4,17-20H2,1-2H3,(H,32,34). The van der Waals surface area contributed by atoms with Gasteiger partial charge >= 0.3 is 0 Å². The van der Waals surface area contributed by atoms with Crippen molar-refractivity contribution in [1.82, 2.24) is 10.2 Å². The molecule has 5 heteroatoms. The number of benzene rings is 3. The summed E-state index contributed by atoms with van der Waals surface area (Å²) in [6.07, 6.45) is 1.91. The maximum Gasteiger partial charge on any atom is 0.255 e. The summed E-state index contributed by atoms with van der Waals surface area (Å²) in [6, 6.07) is 25.2. The molecule has 1 aliphatic rings. The molecule has 1 heterocycles. The van der Waals surface area contributed by atoms with Gasteiger partial charge < -0.3 is 15.5 Å². The molecular formula is C30H33N3O2. The van der Waals surface area contributed by atoms with Crippen molar-refractivity contribution in [3.05, 3.63) is 107 Å². The minimum atomic E-state index is -0.132. The van der Waals surface area contributed by atoms with Crippen LogP contribution in [0.5, 0.6) is 0 Å². The first-order valence-electron chi connectivity index (χ1n) is 12.4. The maximum absolute atomic E-state index is 13.0. The summed E-state index contributed by atoms with van der Waals surface area (Å²) in [4.78, 5) is 27.6. The number of para-hydroxylation sites is 1. The van der Waals surface area contributed by atoms with E-state index in [1.807, 2.05) is 91.5 Å². The van der Waals surface area contributed by atoms with Gasteiger partial charge in [0.2, 0.25) is 0 Å². The molecule has 0 saturated carbocycles. The number of nitrogens with zero attached hydrogens (tertiary/aromatic N) is 1. The van der Waals surface area contributed by atoms with E-state index >= 15 is 0 Å². The van der Waals surface area contributed by atoms with Gasteiger partial charge in [0.1, 0.15) is 0 Å². The number of rotatable bonds is 7. The number of hydrogen-bond acceptors (Lipinski definition) is 3. The third-order valence-electron chi connectivity index (χ3n) is 6.48. The van der Waals surface area contributed by atoms with Gasteiger partial charge in [-0.3, -0.25) is 9.59 Å².